The Kier molecular flexibility index (Phi) is 4.75. The van der Waals surface area contributed by atoms with E-state index in [1.54, 1.807) is 18.8 Å². The fourth-order valence-corrected chi connectivity index (χ4v) is 5.16. The second kappa shape index (κ2) is 7.39. The van der Waals surface area contributed by atoms with Crippen LogP contribution in [-0.4, -0.2) is 43.5 Å². The zero-order valence-corrected chi connectivity index (χ0v) is 17.9. The number of methoxy groups -OCH3 is 1. The molecule has 1 saturated heterocycles. The van der Waals surface area contributed by atoms with Crippen LogP contribution in [0.2, 0.25) is 0 Å². The van der Waals surface area contributed by atoms with Crippen molar-refractivity contribution in [2.45, 2.75) is 37.8 Å². The minimum Gasteiger partial charge on any atom is -0.481 e. The number of fused-ring (bicyclic) bond motifs is 4. The third-order valence-corrected chi connectivity index (χ3v) is 6.48. The number of halogens is 3. The summed E-state index contributed by atoms with van der Waals surface area (Å²) in [4.78, 5) is 15.4. The van der Waals surface area contributed by atoms with E-state index in [1.165, 1.54) is 18.0 Å². The van der Waals surface area contributed by atoms with Gasteiger partial charge in [-0.1, -0.05) is 0 Å². The number of carbonyl (C=O) groups excluding carboxylic acids is 1. The normalized spacial score (nSPS) is 19.8. The summed E-state index contributed by atoms with van der Waals surface area (Å²) in [7, 11) is 4.89. The maximum absolute atomic E-state index is 13.9. The molecule has 1 amide bonds. The zero-order chi connectivity index (χ0) is 22.7. The zero-order valence-electron chi connectivity index (χ0n) is 17.9. The number of ether oxygens (including phenoxy) is 1. The van der Waals surface area contributed by atoms with Crippen LogP contribution in [0.25, 0.3) is 11.3 Å². The SMILES string of the molecule is COc1c(C(=O)N2[C@H]3CCC[C@@H]2c2nn(C)c(-c4cc(F)c(F)c(F)c4)c2C3)cnn1C. The molecule has 0 saturated carbocycles. The standard InChI is InChI=1S/C22H22F3N5O2/c1-28-20(11-7-15(23)18(25)16(24)8-11)13-9-12-5-4-6-17(19(13)27-28)30(12)21(31)14-10-26-29(2)22(14)32-3/h7-8,10,12,17H,4-6,9H2,1-3H3/t12-,17+/m0/s1. The lowest BCUT2D eigenvalue weighted by Crippen LogP contribution is -2.49. The Balaban J connectivity index is 1.60. The van der Waals surface area contributed by atoms with Crippen molar-refractivity contribution in [1.29, 1.82) is 0 Å². The maximum atomic E-state index is 13.9. The van der Waals surface area contributed by atoms with Crippen molar-refractivity contribution in [3.63, 3.8) is 0 Å². The van der Waals surface area contributed by atoms with Gasteiger partial charge in [-0.25, -0.2) is 17.9 Å². The van der Waals surface area contributed by atoms with Crippen molar-refractivity contribution in [2.24, 2.45) is 14.1 Å². The van der Waals surface area contributed by atoms with Crippen molar-refractivity contribution in [2.75, 3.05) is 7.11 Å². The highest BCUT2D eigenvalue weighted by Gasteiger charge is 2.44. The molecule has 32 heavy (non-hydrogen) atoms. The summed E-state index contributed by atoms with van der Waals surface area (Å²) in [6.45, 7) is 0. The summed E-state index contributed by atoms with van der Waals surface area (Å²) in [5.74, 6) is -3.78. The van der Waals surface area contributed by atoms with E-state index in [0.717, 1.165) is 37.0 Å². The Hall–Kier alpha value is -3.30. The predicted molar refractivity (Wildman–Crippen MR) is 109 cm³/mol. The first-order valence-electron chi connectivity index (χ1n) is 10.4. The fourth-order valence-electron chi connectivity index (χ4n) is 5.16. The topological polar surface area (TPSA) is 65.2 Å². The third-order valence-electron chi connectivity index (χ3n) is 6.48. The highest BCUT2D eigenvalue weighted by molar-refractivity contribution is 5.97. The van der Waals surface area contributed by atoms with E-state index in [4.69, 9.17) is 4.74 Å². The summed E-state index contributed by atoms with van der Waals surface area (Å²) >= 11 is 0. The van der Waals surface area contributed by atoms with Gasteiger partial charge in [0, 0.05) is 31.3 Å². The second-order valence-electron chi connectivity index (χ2n) is 8.30. The summed E-state index contributed by atoms with van der Waals surface area (Å²) < 4.78 is 49.8. The van der Waals surface area contributed by atoms with E-state index in [-0.39, 0.29) is 23.6 Å². The number of aromatic nitrogens is 4. The Morgan fingerprint density at radius 3 is 2.53 bits per heavy atom. The van der Waals surface area contributed by atoms with Gasteiger partial charge in [0.25, 0.3) is 5.91 Å². The van der Waals surface area contributed by atoms with Crippen LogP contribution in [0.3, 0.4) is 0 Å². The van der Waals surface area contributed by atoms with Crippen LogP contribution in [0.4, 0.5) is 13.2 Å². The first kappa shape index (κ1) is 20.6. The van der Waals surface area contributed by atoms with E-state index < -0.39 is 17.5 Å². The molecule has 2 aliphatic heterocycles. The molecule has 2 atom stereocenters. The molecule has 168 valence electrons. The molecule has 1 aromatic carbocycles. The van der Waals surface area contributed by atoms with Gasteiger partial charge in [-0.2, -0.15) is 10.2 Å². The molecule has 1 fully saturated rings. The van der Waals surface area contributed by atoms with Gasteiger partial charge in [0.2, 0.25) is 5.88 Å². The van der Waals surface area contributed by atoms with Gasteiger partial charge in [0.15, 0.2) is 17.5 Å². The lowest BCUT2D eigenvalue weighted by molar-refractivity contribution is 0.0388. The quantitative estimate of drug-likeness (QED) is 0.579. The highest BCUT2D eigenvalue weighted by atomic mass is 19.2. The van der Waals surface area contributed by atoms with Crippen LogP contribution < -0.4 is 4.74 Å². The first-order valence-corrected chi connectivity index (χ1v) is 10.4. The average Bonchev–Trinajstić information content (AvgIpc) is 3.29. The maximum Gasteiger partial charge on any atom is 0.261 e. The predicted octanol–water partition coefficient (Wildman–Crippen LogP) is 3.54. The number of nitrogens with zero attached hydrogens (tertiary/aromatic N) is 5. The van der Waals surface area contributed by atoms with Gasteiger partial charge in [0.05, 0.1) is 30.7 Å². The molecule has 2 aliphatic rings. The fraction of sp³-hybridized carbons (Fsp3) is 0.409. The van der Waals surface area contributed by atoms with Crippen molar-refractivity contribution in [3.05, 3.63) is 52.6 Å². The summed E-state index contributed by atoms with van der Waals surface area (Å²) in [5.41, 5.74) is 2.70. The Labute approximate surface area is 182 Å². The van der Waals surface area contributed by atoms with Crippen LogP contribution in [0.5, 0.6) is 5.88 Å². The highest BCUT2D eigenvalue weighted by Crippen LogP contribution is 2.45. The molecule has 4 heterocycles. The summed E-state index contributed by atoms with van der Waals surface area (Å²) in [6.07, 6.45) is 4.45. The van der Waals surface area contributed by atoms with Gasteiger partial charge in [-0.3, -0.25) is 9.48 Å². The third kappa shape index (κ3) is 2.92. The first-order chi connectivity index (χ1) is 15.3. The smallest absolute Gasteiger partial charge is 0.261 e. The monoisotopic (exact) mass is 445 g/mol. The molecule has 2 bridgehead atoms. The van der Waals surface area contributed by atoms with Crippen LogP contribution in [0.1, 0.15) is 46.9 Å². The molecule has 2 aromatic heterocycles. The second-order valence-corrected chi connectivity index (χ2v) is 8.30. The molecular weight excluding hydrogens is 423 g/mol. The van der Waals surface area contributed by atoms with Gasteiger partial charge in [-0.05, 0) is 37.8 Å². The molecule has 5 rings (SSSR count). The lowest BCUT2D eigenvalue weighted by Gasteiger charge is -2.45. The number of piperidine rings is 1. The van der Waals surface area contributed by atoms with Crippen LogP contribution in [0, 0.1) is 17.5 Å². The average molecular weight is 445 g/mol. The van der Waals surface area contributed by atoms with Crippen molar-refractivity contribution >= 4 is 5.91 Å². The van der Waals surface area contributed by atoms with E-state index >= 15 is 0 Å². The molecule has 0 unspecified atom stereocenters. The van der Waals surface area contributed by atoms with Crippen LogP contribution >= 0.6 is 0 Å². The molecule has 0 aliphatic carbocycles. The lowest BCUT2D eigenvalue weighted by atomic mass is 9.81. The molecule has 10 heteroatoms. The van der Waals surface area contributed by atoms with E-state index in [2.05, 4.69) is 10.2 Å². The largest absolute Gasteiger partial charge is 0.481 e. The van der Waals surface area contributed by atoms with Crippen molar-refractivity contribution in [3.8, 4) is 17.1 Å². The summed E-state index contributed by atoms with van der Waals surface area (Å²) in [6, 6.07) is 1.61. The molecule has 7 nitrogen and oxygen atoms in total. The number of carbonyl (C=O) groups is 1. The van der Waals surface area contributed by atoms with E-state index in [0.29, 0.717) is 29.3 Å². The number of rotatable bonds is 3. The number of benzene rings is 1. The van der Waals surface area contributed by atoms with Crippen molar-refractivity contribution in [1.82, 2.24) is 24.5 Å². The minimum atomic E-state index is -1.50. The van der Waals surface area contributed by atoms with Crippen molar-refractivity contribution < 1.29 is 22.7 Å². The van der Waals surface area contributed by atoms with Gasteiger partial charge in [-0.15, -0.1) is 0 Å². The number of hydrogen-bond acceptors (Lipinski definition) is 4. The van der Waals surface area contributed by atoms with E-state index in [1.807, 2.05) is 4.90 Å². The Morgan fingerprint density at radius 2 is 1.84 bits per heavy atom. The number of aryl methyl sites for hydroxylation is 2. The van der Waals surface area contributed by atoms with Gasteiger partial charge >= 0.3 is 0 Å². The Morgan fingerprint density at radius 1 is 1.12 bits per heavy atom. The molecule has 0 radical (unpaired) electrons. The van der Waals surface area contributed by atoms with E-state index in [9.17, 15) is 18.0 Å². The number of hydrogen-bond donors (Lipinski definition) is 0. The van der Waals surface area contributed by atoms with Crippen LogP contribution in [-0.2, 0) is 20.5 Å². The van der Waals surface area contributed by atoms with Crippen LogP contribution in [0.15, 0.2) is 18.3 Å². The van der Waals surface area contributed by atoms with Gasteiger partial charge in [0.1, 0.15) is 5.56 Å². The molecule has 3 aromatic rings. The molecular formula is C22H22F3N5O2. The Bertz CT molecular complexity index is 1210. The molecule has 0 N–H and O–H groups in total. The molecule has 0 spiro atoms. The number of amides is 1. The summed E-state index contributed by atoms with van der Waals surface area (Å²) in [5, 5.41) is 8.78. The van der Waals surface area contributed by atoms with Gasteiger partial charge < -0.3 is 9.64 Å². The minimum absolute atomic E-state index is 0.100.